The maximum absolute atomic E-state index is 15.3. The van der Waals surface area contributed by atoms with Crippen LogP contribution in [0.15, 0.2) is 18.2 Å². The molecular weight excluding hydrogens is 481 g/mol. The summed E-state index contributed by atoms with van der Waals surface area (Å²) in [7, 11) is 1.53. The Balaban J connectivity index is 1.35. The number of nitrogens with one attached hydrogen (secondary N) is 1. The van der Waals surface area contributed by atoms with Crippen LogP contribution in [0.5, 0.6) is 5.75 Å². The third-order valence-electron chi connectivity index (χ3n) is 8.21. The smallest absolute Gasteiger partial charge is 0.166 e. The van der Waals surface area contributed by atoms with Crippen LogP contribution in [0.25, 0.3) is 5.57 Å². The Morgan fingerprint density at radius 3 is 2.66 bits per heavy atom. The van der Waals surface area contributed by atoms with Gasteiger partial charge >= 0.3 is 0 Å². The van der Waals surface area contributed by atoms with Crippen LogP contribution >= 0.6 is 0 Å². The molecule has 1 N–H and O–H groups in total. The number of aromatic nitrogens is 2. The fourth-order valence-corrected chi connectivity index (χ4v) is 5.51. The van der Waals surface area contributed by atoms with E-state index in [1.807, 2.05) is 6.08 Å². The summed E-state index contributed by atoms with van der Waals surface area (Å²) in [6.07, 6.45) is 7.02. The summed E-state index contributed by atoms with van der Waals surface area (Å²) in [5, 5.41) is 13.1. The molecule has 0 amide bonds. The molecule has 5 rings (SSSR count). The summed E-state index contributed by atoms with van der Waals surface area (Å²) in [5.41, 5.74) is 2.79. The minimum atomic E-state index is -0.538. The average molecular weight is 518 g/mol. The predicted molar refractivity (Wildman–Crippen MR) is 145 cm³/mol. The van der Waals surface area contributed by atoms with Gasteiger partial charge in [-0.25, -0.2) is 14.4 Å². The van der Waals surface area contributed by atoms with Crippen molar-refractivity contribution in [1.82, 2.24) is 14.9 Å². The first kappa shape index (κ1) is 26.3. The van der Waals surface area contributed by atoms with E-state index >= 15 is 4.39 Å². The minimum absolute atomic E-state index is 0.0280. The Hall–Kier alpha value is -3.31. The number of carbonyl (C=O) groups is 1. The molecule has 0 radical (unpaired) electrons. The van der Waals surface area contributed by atoms with E-state index in [1.54, 1.807) is 0 Å². The van der Waals surface area contributed by atoms with E-state index in [1.165, 1.54) is 19.2 Å². The molecule has 2 aromatic rings. The van der Waals surface area contributed by atoms with Gasteiger partial charge in [0.05, 0.1) is 35.6 Å². The van der Waals surface area contributed by atoms with Crippen molar-refractivity contribution in [3.05, 3.63) is 52.2 Å². The van der Waals surface area contributed by atoms with E-state index in [-0.39, 0.29) is 29.2 Å². The molecule has 0 atom stereocenters. The summed E-state index contributed by atoms with van der Waals surface area (Å²) in [4.78, 5) is 25.0. The maximum Gasteiger partial charge on any atom is 0.166 e. The lowest BCUT2D eigenvalue weighted by atomic mass is 9.89. The van der Waals surface area contributed by atoms with E-state index in [4.69, 9.17) is 14.7 Å². The monoisotopic (exact) mass is 517 g/mol. The van der Waals surface area contributed by atoms with E-state index in [2.05, 4.69) is 37.1 Å². The molecule has 8 heteroatoms. The molecule has 2 aliphatic carbocycles. The number of nitrogens with zero attached hydrogens (tertiary/aromatic N) is 4. The number of hydrogen-bond donors (Lipinski definition) is 1. The Bertz CT molecular complexity index is 1320. The number of fused-ring (bicyclic) bond motifs is 1. The van der Waals surface area contributed by atoms with Crippen molar-refractivity contribution in [3.8, 4) is 11.8 Å². The zero-order valence-corrected chi connectivity index (χ0v) is 22.7. The highest BCUT2D eigenvalue weighted by atomic mass is 19.1. The van der Waals surface area contributed by atoms with Crippen LogP contribution < -0.4 is 10.1 Å². The number of hydrogen-bond acceptors (Lipinski definition) is 7. The predicted octanol–water partition coefficient (Wildman–Crippen LogP) is 5.34. The van der Waals surface area contributed by atoms with Crippen molar-refractivity contribution in [2.45, 2.75) is 77.3 Å². The molecule has 1 saturated heterocycles. The van der Waals surface area contributed by atoms with Crippen LogP contribution in [0.4, 0.5) is 10.2 Å². The van der Waals surface area contributed by atoms with E-state index < -0.39 is 5.82 Å². The second-order valence-corrected chi connectivity index (χ2v) is 11.5. The van der Waals surface area contributed by atoms with Gasteiger partial charge in [0.1, 0.15) is 23.2 Å². The van der Waals surface area contributed by atoms with Gasteiger partial charge in [-0.1, -0.05) is 6.08 Å². The fraction of sp³-hybridized carbons (Fsp3) is 0.533. The summed E-state index contributed by atoms with van der Waals surface area (Å²) in [6, 6.07) is 5.67. The molecule has 1 aromatic carbocycles. The van der Waals surface area contributed by atoms with Crippen molar-refractivity contribution in [2.24, 2.45) is 5.92 Å². The first-order valence-corrected chi connectivity index (χ1v) is 13.6. The van der Waals surface area contributed by atoms with Crippen LogP contribution in [0.2, 0.25) is 0 Å². The first-order chi connectivity index (χ1) is 18.2. The number of halogens is 1. The summed E-state index contributed by atoms with van der Waals surface area (Å²) >= 11 is 0. The molecule has 1 aromatic heterocycles. The van der Waals surface area contributed by atoms with Gasteiger partial charge in [-0.2, -0.15) is 5.26 Å². The number of likely N-dealkylation sites (tertiary alicyclic amines) is 1. The van der Waals surface area contributed by atoms with Crippen molar-refractivity contribution in [1.29, 1.82) is 5.26 Å². The van der Waals surface area contributed by atoms with Gasteiger partial charge in [-0.3, -0.25) is 4.79 Å². The van der Waals surface area contributed by atoms with Crippen LogP contribution in [0, 0.1) is 23.1 Å². The maximum atomic E-state index is 15.3. The third kappa shape index (κ3) is 5.44. The van der Waals surface area contributed by atoms with Gasteiger partial charge in [0.15, 0.2) is 5.78 Å². The van der Waals surface area contributed by atoms with Gasteiger partial charge in [0.25, 0.3) is 0 Å². The number of nitriles is 1. The molecule has 2 fully saturated rings. The molecule has 0 spiro atoms. The molecule has 7 nitrogen and oxygen atoms in total. The minimum Gasteiger partial charge on any atom is -0.496 e. The molecular formula is C30H36FN5O2. The lowest BCUT2D eigenvalue weighted by molar-refractivity contribution is 0.0908. The molecule has 2 heterocycles. The Morgan fingerprint density at radius 1 is 1.29 bits per heavy atom. The average Bonchev–Trinajstić information content (AvgIpc) is 3.46. The third-order valence-corrected chi connectivity index (χ3v) is 8.21. The first-order valence-electron chi connectivity index (χ1n) is 13.6. The summed E-state index contributed by atoms with van der Waals surface area (Å²) in [6.45, 7) is 8.46. The Kier molecular flexibility index (Phi) is 7.23. The quantitative estimate of drug-likeness (QED) is 0.449. The van der Waals surface area contributed by atoms with Crippen molar-refractivity contribution in [3.63, 3.8) is 0 Å². The van der Waals surface area contributed by atoms with E-state index in [0.717, 1.165) is 50.0 Å². The van der Waals surface area contributed by atoms with Gasteiger partial charge in [0.2, 0.25) is 0 Å². The highest BCUT2D eigenvalue weighted by Gasteiger charge is 2.39. The van der Waals surface area contributed by atoms with Crippen LogP contribution in [0.1, 0.15) is 85.9 Å². The SMILES string of the molecule is COc1cc(C(=O)CC2CCN(C(C)C)CC2)c(F)cc1Cc1nc2c(c(NC3(C)CC3)n1)C(C#N)=CC2. The van der Waals surface area contributed by atoms with E-state index in [9.17, 15) is 10.1 Å². The standard InChI is InChI=1S/C30H36FN5O2/c1-18(2)36-11-7-19(8-12-36)13-25(37)22-16-26(38-4)21(14-23(22)31)15-27-33-24-6-5-20(17-32)28(24)29(34-27)35-30(3)9-10-30/h5,14,16,18-19H,6-13,15H2,1-4H3,(H,33,34,35). The number of piperidine rings is 1. The Labute approximate surface area is 224 Å². The number of allylic oxidation sites excluding steroid dienone is 2. The number of carbonyl (C=O) groups excluding carboxylic acids is 1. The van der Waals surface area contributed by atoms with Gasteiger partial charge < -0.3 is 15.0 Å². The highest BCUT2D eigenvalue weighted by Crippen LogP contribution is 2.41. The van der Waals surface area contributed by atoms with Crippen LogP contribution in [-0.2, 0) is 12.8 Å². The zero-order valence-electron chi connectivity index (χ0n) is 22.7. The summed E-state index contributed by atoms with van der Waals surface area (Å²) in [5.74, 6) is 1.19. The molecule has 1 saturated carbocycles. The van der Waals surface area contributed by atoms with Crippen molar-refractivity contribution in [2.75, 3.05) is 25.5 Å². The zero-order chi connectivity index (χ0) is 27.0. The second kappa shape index (κ2) is 10.5. The molecule has 0 unspecified atom stereocenters. The topological polar surface area (TPSA) is 91.1 Å². The largest absolute Gasteiger partial charge is 0.496 e. The molecule has 3 aliphatic rings. The lowest BCUT2D eigenvalue weighted by Crippen LogP contribution is -2.38. The van der Waals surface area contributed by atoms with Crippen molar-refractivity contribution < 1.29 is 13.9 Å². The fourth-order valence-electron chi connectivity index (χ4n) is 5.51. The molecule has 1 aliphatic heterocycles. The molecule has 0 bridgehead atoms. The van der Waals surface area contributed by atoms with Crippen LogP contribution in [-0.4, -0.2) is 52.4 Å². The number of ketones is 1. The summed E-state index contributed by atoms with van der Waals surface area (Å²) < 4.78 is 20.9. The number of rotatable bonds is 9. The highest BCUT2D eigenvalue weighted by molar-refractivity contribution is 5.97. The lowest BCUT2D eigenvalue weighted by Gasteiger charge is -2.34. The normalized spacial score (nSPS) is 18.6. The number of Topliss-reactive ketones (excluding diaryl/α,β-unsaturated/α-hetero) is 1. The second-order valence-electron chi connectivity index (χ2n) is 11.5. The molecule has 38 heavy (non-hydrogen) atoms. The van der Waals surface area contributed by atoms with Gasteiger partial charge in [-0.15, -0.1) is 0 Å². The molecule has 200 valence electrons. The van der Waals surface area contributed by atoms with Crippen molar-refractivity contribution >= 4 is 17.2 Å². The van der Waals surface area contributed by atoms with E-state index in [0.29, 0.717) is 47.4 Å². The van der Waals surface area contributed by atoms with Gasteiger partial charge in [0, 0.05) is 36.4 Å². The van der Waals surface area contributed by atoms with Crippen LogP contribution in [0.3, 0.4) is 0 Å². The van der Waals surface area contributed by atoms with Gasteiger partial charge in [-0.05, 0) is 77.6 Å². The number of anilines is 1. The Morgan fingerprint density at radius 2 is 2.03 bits per heavy atom. The number of ether oxygens (including phenoxy) is 1. The number of methoxy groups -OCH3 is 1. The number of benzene rings is 1.